The molecule has 1 aromatic heterocycles. The van der Waals surface area contributed by atoms with Crippen LogP contribution < -0.4 is 10.2 Å². The van der Waals surface area contributed by atoms with E-state index in [0.29, 0.717) is 36.3 Å². The number of hydrogen-bond acceptors (Lipinski definition) is 6. The van der Waals surface area contributed by atoms with Crippen molar-refractivity contribution in [2.75, 3.05) is 43.5 Å². The number of amides is 2. The molecule has 0 bridgehead atoms. The molecule has 0 saturated carbocycles. The Morgan fingerprint density at radius 1 is 1.10 bits per heavy atom. The highest BCUT2D eigenvalue weighted by molar-refractivity contribution is 7.08. The van der Waals surface area contributed by atoms with E-state index in [4.69, 9.17) is 4.74 Å². The summed E-state index contributed by atoms with van der Waals surface area (Å²) in [4.78, 5) is 42.6. The molecule has 1 saturated heterocycles. The van der Waals surface area contributed by atoms with E-state index in [0.717, 1.165) is 37.2 Å². The van der Waals surface area contributed by atoms with Crippen LogP contribution in [0.4, 0.5) is 11.4 Å². The van der Waals surface area contributed by atoms with Gasteiger partial charge < -0.3 is 19.9 Å². The van der Waals surface area contributed by atoms with Crippen LogP contribution in [0.5, 0.6) is 0 Å². The summed E-state index contributed by atoms with van der Waals surface area (Å²) in [6.45, 7) is 17.9. The fraction of sp³-hybridized carbons (Fsp3) is 0.594. The van der Waals surface area contributed by atoms with Crippen molar-refractivity contribution in [1.29, 1.82) is 0 Å². The average molecular weight is 572 g/mol. The van der Waals surface area contributed by atoms with E-state index in [1.807, 2.05) is 37.8 Å². The Kier molecular flexibility index (Phi) is 13.2. The number of anilines is 2. The first-order valence-corrected chi connectivity index (χ1v) is 15.6. The molecular formula is C32H49N3O4S. The van der Waals surface area contributed by atoms with Crippen LogP contribution in [0.1, 0.15) is 100 Å². The number of esters is 1. The van der Waals surface area contributed by atoms with Gasteiger partial charge in [-0.1, -0.05) is 41.5 Å². The second-order valence-corrected chi connectivity index (χ2v) is 12.2. The van der Waals surface area contributed by atoms with Crippen molar-refractivity contribution in [2.45, 2.75) is 80.6 Å². The molecule has 1 atom stereocenters. The third kappa shape index (κ3) is 9.65. The van der Waals surface area contributed by atoms with Crippen molar-refractivity contribution < 1.29 is 19.1 Å². The van der Waals surface area contributed by atoms with Gasteiger partial charge in [0.1, 0.15) is 0 Å². The van der Waals surface area contributed by atoms with Gasteiger partial charge in [0.2, 0.25) is 5.91 Å². The molecule has 1 unspecified atom stereocenters. The van der Waals surface area contributed by atoms with Gasteiger partial charge in [0, 0.05) is 54.6 Å². The second kappa shape index (κ2) is 15.8. The number of nitrogens with one attached hydrogen (secondary N) is 1. The Morgan fingerprint density at radius 2 is 1.77 bits per heavy atom. The first-order valence-electron chi connectivity index (χ1n) is 14.6. The van der Waals surface area contributed by atoms with Crippen LogP contribution in [0.25, 0.3) is 0 Å². The average Bonchev–Trinajstić information content (AvgIpc) is 3.61. The van der Waals surface area contributed by atoms with Crippen molar-refractivity contribution in [2.24, 2.45) is 11.3 Å². The third-order valence-electron chi connectivity index (χ3n) is 7.00. The molecule has 1 aliphatic rings. The highest BCUT2D eigenvalue weighted by Gasteiger charge is 2.23. The van der Waals surface area contributed by atoms with Gasteiger partial charge in [-0.3, -0.25) is 9.59 Å². The molecule has 0 radical (unpaired) electrons. The van der Waals surface area contributed by atoms with E-state index < -0.39 is 5.97 Å². The zero-order valence-electron chi connectivity index (χ0n) is 25.8. The predicted octanol–water partition coefficient (Wildman–Crippen LogP) is 7.27. The number of benzene rings is 1. The number of carbonyl (C=O) groups is 3. The summed E-state index contributed by atoms with van der Waals surface area (Å²) in [6, 6.07) is 6.07. The summed E-state index contributed by atoms with van der Waals surface area (Å²) in [5, 5.41) is 6.36. The number of carbonyl (C=O) groups excluding carboxylic acids is 3. The van der Waals surface area contributed by atoms with Crippen LogP contribution in [-0.2, 0) is 16.0 Å². The highest BCUT2D eigenvalue weighted by atomic mass is 32.1. The van der Waals surface area contributed by atoms with E-state index in [-0.39, 0.29) is 23.1 Å². The maximum Gasteiger partial charge on any atom is 0.340 e. The molecule has 1 N–H and O–H groups in total. The zero-order valence-corrected chi connectivity index (χ0v) is 26.6. The molecule has 0 spiro atoms. The maximum absolute atomic E-state index is 13.4. The molecule has 1 aliphatic heterocycles. The molecule has 2 aromatic rings. The Morgan fingerprint density at radius 3 is 2.38 bits per heavy atom. The molecule has 8 heteroatoms. The lowest BCUT2D eigenvalue weighted by molar-refractivity contribution is -0.133. The van der Waals surface area contributed by atoms with Gasteiger partial charge in [-0.2, -0.15) is 0 Å². The van der Waals surface area contributed by atoms with Crippen LogP contribution >= 0.6 is 11.3 Å². The fourth-order valence-electron chi connectivity index (χ4n) is 4.87. The van der Waals surface area contributed by atoms with Gasteiger partial charge in [-0.15, -0.1) is 11.3 Å². The molecule has 0 aliphatic carbocycles. The number of ether oxygens (including phenoxy) is 1. The summed E-state index contributed by atoms with van der Waals surface area (Å²) in [6.07, 6.45) is 4.47. The van der Waals surface area contributed by atoms with Gasteiger partial charge >= 0.3 is 5.97 Å². The Labute approximate surface area is 245 Å². The van der Waals surface area contributed by atoms with Gasteiger partial charge in [-0.05, 0) is 67.7 Å². The summed E-state index contributed by atoms with van der Waals surface area (Å²) >= 11 is 1.34. The van der Waals surface area contributed by atoms with Crippen LogP contribution in [0.15, 0.2) is 29.0 Å². The number of thiophene rings is 1. The molecule has 2 amide bonds. The Hall–Kier alpha value is -2.87. The summed E-state index contributed by atoms with van der Waals surface area (Å²) < 4.78 is 4.85. The first kappa shape index (κ1) is 33.3. The lowest BCUT2D eigenvalue weighted by Crippen LogP contribution is -2.35. The topological polar surface area (TPSA) is 78.9 Å². The SMILES string of the molecule is CC.CCN(CCC(C)Cc1cc(N2CCCC2)ccc1C(=O)Nc1cscc1C(=O)OC)C(=O)CC(C)(C)C. The monoisotopic (exact) mass is 571 g/mol. The molecular weight excluding hydrogens is 522 g/mol. The number of hydrogen-bond donors (Lipinski definition) is 1. The summed E-state index contributed by atoms with van der Waals surface area (Å²) in [7, 11) is 1.33. The van der Waals surface area contributed by atoms with Crippen molar-refractivity contribution >= 4 is 40.5 Å². The molecule has 2 heterocycles. The van der Waals surface area contributed by atoms with E-state index in [1.54, 1.807) is 10.8 Å². The molecule has 222 valence electrons. The van der Waals surface area contributed by atoms with E-state index in [9.17, 15) is 14.4 Å². The number of nitrogens with zero attached hydrogens (tertiary/aromatic N) is 2. The quantitative estimate of drug-likeness (QED) is 0.287. The van der Waals surface area contributed by atoms with Crippen molar-refractivity contribution in [3.05, 3.63) is 45.6 Å². The first-order chi connectivity index (χ1) is 19.0. The fourth-order valence-corrected chi connectivity index (χ4v) is 5.62. The Balaban J connectivity index is 0.00000274. The largest absolute Gasteiger partial charge is 0.465 e. The van der Waals surface area contributed by atoms with Gasteiger partial charge in [0.15, 0.2) is 0 Å². The minimum atomic E-state index is -0.471. The van der Waals surface area contributed by atoms with Crippen LogP contribution in [-0.4, -0.2) is 56.0 Å². The Bertz CT molecular complexity index is 1120. The zero-order chi connectivity index (χ0) is 29.9. The molecule has 3 rings (SSSR count). The van der Waals surface area contributed by atoms with E-state index in [2.05, 4.69) is 44.0 Å². The number of methoxy groups -OCH3 is 1. The minimum absolute atomic E-state index is 0.0371. The smallest absolute Gasteiger partial charge is 0.340 e. The molecule has 40 heavy (non-hydrogen) atoms. The molecule has 7 nitrogen and oxygen atoms in total. The van der Waals surface area contributed by atoms with Crippen molar-refractivity contribution in [3.8, 4) is 0 Å². The van der Waals surface area contributed by atoms with Crippen LogP contribution in [0, 0.1) is 11.3 Å². The lowest BCUT2D eigenvalue weighted by Gasteiger charge is -2.27. The lowest BCUT2D eigenvalue weighted by atomic mass is 9.91. The van der Waals surface area contributed by atoms with Crippen molar-refractivity contribution in [3.63, 3.8) is 0 Å². The van der Waals surface area contributed by atoms with Crippen LogP contribution in [0.3, 0.4) is 0 Å². The third-order valence-corrected chi connectivity index (χ3v) is 7.74. The summed E-state index contributed by atoms with van der Waals surface area (Å²) in [5.41, 5.74) is 3.52. The maximum atomic E-state index is 13.4. The highest BCUT2D eigenvalue weighted by Crippen LogP contribution is 2.28. The van der Waals surface area contributed by atoms with Crippen molar-refractivity contribution in [1.82, 2.24) is 4.90 Å². The van der Waals surface area contributed by atoms with E-state index >= 15 is 0 Å². The number of rotatable bonds is 11. The molecule has 1 fully saturated rings. The van der Waals surface area contributed by atoms with Gasteiger partial charge in [0.25, 0.3) is 5.91 Å². The van der Waals surface area contributed by atoms with Gasteiger partial charge in [-0.25, -0.2) is 4.79 Å². The summed E-state index contributed by atoms with van der Waals surface area (Å²) in [5.74, 6) is -0.236. The standard InChI is InChI=1S/C30H43N3O4S.C2H6/c1-7-32(27(34)18-30(3,4)5)15-12-21(2)16-22-17-23(33-13-8-9-14-33)10-11-24(22)28(35)31-26-20-38-19-25(26)29(36)37-6;1-2/h10-11,17,19-21H,7-9,12-16,18H2,1-6H3,(H,31,35);1-2H3. The molecule has 1 aromatic carbocycles. The normalized spacial score (nSPS) is 13.8. The minimum Gasteiger partial charge on any atom is -0.465 e. The van der Waals surface area contributed by atoms with Gasteiger partial charge in [0.05, 0.1) is 18.4 Å². The second-order valence-electron chi connectivity index (χ2n) is 11.5. The van der Waals surface area contributed by atoms with Crippen LogP contribution in [0.2, 0.25) is 0 Å². The van der Waals surface area contributed by atoms with E-state index in [1.165, 1.54) is 31.3 Å². The predicted molar refractivity (Wildman–Crippen MR) is 167 cm³/mol.